The van der Waals surface area contributed by atoms with Gasteiger partial charge in [-0.2, -0.15) is 5.26 Å². The van der Waals surface area contributed by atoms with Crippen LogP contribution in [0.4, 0.5) is 11.5 Å². The number of hydrogen-bond donors (Lipinski definition) is 1. The van der Waals surface area contributed by atoms with Crippen LogP contribution in [0.25, 0.3) is 0 Å². The molecule has 122 valence electrons. The zero-order chi connectivity index (χ0) is 16.9. The average molecular weight is 321 g/mol. The highest BCUT2D eigenvalue weighted by atomic mass is 16.1. The number of anilines is 2. The van der Waals surface area contributed by atoms with Crippen molar-refractivity contribution in [2.75, 3.05) is 23.3 Å². The Kier molecular flexibility index (Phi) is 4.71. The summed E-state index contributed by atoms with van der Waals surface area (Å²) >= 11 is 0. The molecule has 3 rings (SSSR count). The lowest BCUT2D eigenvalue weighted by Gasteiger charge is -2.30. The molecule has 0 aliphatic carbocycles. The standard InChI is InChI=1S/C18H19N5O/c1-13-5-7-23(8-6-13)17-12-20-16(11-21-17)18(24)22-15-4-2-3-14(9-15)10-19/h2-4,9,11-13H,5-8H2,1H3,(H,22,24). The number of hydrogen-bond acceptors (Lipinski definition) is 5. The van der Waals surface area contributed by atoms with Crippen LogP contribution >= 0.6 is 0 Å². The molecule has 2 heterocycles. The molecule has 1 aliphatic rings. The molecular formula is C18H19N5O. The van der Waals surface area contributed by atoms with E-state index in [0.717, 1.165) is 37.7 Å². The van der Waals surface area contributed by atoms with Crippen LogP contribution in [-0.4, -0.2) is 29.0 Å². The van der Waals surface area contributed by atoms with E-state index < -0.39 is 0 Å². The number of nitrogens with zero attached hydrogens (tertiary/aromatic N) is 4. The van der Waals surface area contributed by atoms with Crippen LogP contribution in [-0.2, 0) is 0 Å². The summed E-state index contributed by atoms with van der Waals surface area (Å²) in [6.07, 6.45) is 5.45. The number of carbonyl (C=O) groups is 1. The second-order valence-corrected chi connectivity index (χ2v) is 6.08. The molecule has 1 N–H and O–H groups in total. The summed E-state index contributed by atoms with van der Waals surface area (Å²) in [5.74, 6) is 1.23. The lowest BCUT2D eigenvalue weighted by atomic mass is 9.99. The molecule has 6 heteroatoms. The third-order valence-corrected chi connectivity index (χ3v) is 4.23. The minimum Gasteiger partial charge on any atom is -0.355 e. The van der Waals surface area contributed by atoms with Crippen LogP contribution in [0.5, 0.6) is 0 Å². The van der Waals surface area contributed by atoms with Crippen LogP contribution in [0, 0.1) is 17.2 Å². The maximum atomic E-state index is 12.2. The van der Waals surface area contributed by atoms with Gasteiger partial charge in [-0.1, -0.05) is 13.0 Å². The first-order chi connectivity index (χ1) is 11.7. The van der Waals surface area contributed by atoms with Gasteiger partial charge in [-0.25, -0.2) is 9.97 Å². The molecular weight excluding hydrogens is 302 g/mol. The quantitative estimate of drug-likeness (QED) is 0.940. The van der Waals surface area contributed by atoms with Gasteiger partial charge in [-0.3, -0.25) is 4.79 Å². The molecule has 1 fully saturated rings. The lowest BCUT2D eigenvalue weighted by Crippen LogP contribution is -2.33. The fourth-order valence-electron chi connectivity index (χ4n) is 2.70. The van der Waals surface area contributed by atoms with Crippen molar-refractivity contribution in [3.8, 4) is 6.07 Å². The summed E-state index contributed by atoms with van der Waals surface area (Å²) in [7, 11) is 0. The minimum atomic E-state index is -0.337. The normalized spacial score (nSPS) is 14.9. The molecule has 1 amide bonds. The van der Waals surface area contributed by atoms with Crippen LogP contribution in [0.2, 0.25) is 0 Å². The Morgan fingerprint density at radius 3 is 2.75 bits per heavy atom. The number of aromatic nitrogens is 2. The van der Waals surface area contributed by atoms with Crippen molar-refractivity contribution in [3.63, 3.8) is 0 Å². The molecule has 24 heavy (non-hydrogen) atoms. The van der Waals surface area contributed by atoms with Crippen LogP contribution in [0.1, 0.15) is 35.8 Å². The Labute approximate surface area is 141 Å². The molecule has 1 aromatic carbocycles. The molecule has 0 unspecified atom stereocenters. The zero-order valence-electron chi connectivity index (χ0n) is 13.6. The van der Waals surface area contributed by atoms with Crippen LogP contribution < -0.4 is 10.2 Å². The summed E-state index contributed by atoms with van der Waals surface area (Å²) in [4.78, 5) is 23.0. The molecule has 0 spiro atoms. The number of nitriles is 1. The molecule has 0 radical (unpaired) electrons. The maximum absolute atomic E-state index is 12.2. The number of benzene rings is 1. The fourth-order valence-corrected chi connectivity index (χ4v) is 2.70. The van der Waals surface area contributed by atoms with Crippen molar-refractivity contribution in [2.24, 2.45) is 5.92 Å². The van der Waals surface area contributed by atoms with Gasteiger partial charge >= 0.3 is 0 Å². The third-order valence-electron chi connectivity index (χ3n) is 4.23. The second kappa shape index (κ2) is 7.09. The summed E-state index contributed by atoms with van der Waals surface area (Å²) in [6.45, 7) is 4.21. The van der Waals surface area contributed by atoms with Crippen molar-refractivity contribution < 1.29 is 4.79 Å². The third kappa shape index (κ3) is 3.69. The molecule has 0 bridgehead atoms. The van der Waals surface area contributed by atoms with Gasteiger partial charge < -0.3 is 10.2 Å². The highest BCUT2D eigenvalue weighted by molar-refractivity contribution is 6.02. The fraction of sp³-hybridized carbons (Fsp3) is 0.333. The highest BCUT2D eigenvalue weighted by Gasteiger charge is 2.18. The number of carbonyl (C=O) groups excluding carboxylic acids is 1. The first-order valence-corrected chi connectivity index (χ1v) is 8.04. The predicted molar refractivity (Wildman–Crippen MR) is 91.8 cm³/mol. The van der Waals surface area contributed by atoms with E-state index in [1.165, 1.54) is 6.20 Å². The van der Waals surface area contributed by atoms with Gasteiger partial charge in [0.2, 0.25) is 0 Å². The van der Waals surface area contributed by atoms with Crippen molar-refractivity contribution >= 4 is 17.4 Å². The second-order valence-electron chi connectivity index (χ2n) is 6.08. The van der Waals surface area contributed by atoms with Gasteiger partial charge in [-0.15, -0.1) is 0 Å². The number of amides is 1. The van der Waals surface area contributed by atoms with Crippen LogP contribution in [0.15, 0.2) is 36.7 Å². The molecule has 0 saturated carbocycles. The van der Waals surface area contributed by atoms with Crippen molar-refractivity contribution in [3.05, 3.63) is 47.9 Å². The molecule has 1 aliphatic heterocycles. The SMILES string of the molecule is CC1CCN(c2cnc(C(=O)Nc3cccc(C#N)c3)cn2)CC1. The molecule has 6 nitrogen and oxygen atoms in total. The van der Waals surface area contributed by atoms with Crippen molar-refractivity contribution in [1.82, 2.24) is 9.97 Å². The molecule has 2 aromatic rings. The van der Waals surface area contributed by atoms with Crippen LogP contribution in [0.3, 0.4) is 0 Å². The topological polar surface area (TPSA) is 81.9 Å². The monoisotopic (exact) mass is 321 g/mol. The smallest absolute Gasteiger partial charge is 0.275 e. The molecule has 1 saturated heterocycles. The summed E-state index contributed by atoms with van der Waals surface area (Å²) in [5.41, 5.74) is 1.31. The average Bonchev–Trinajstić information content (AvgIpc) is 2.62. The van der Waals surface area contributed by atoms with Gasteiger partial charge in [0.05, 0.1) is 24.0 Å². The number of nitrogens with one attached hydrogen (secondary N) is 1. The number of piperidine rings is 1. The summed E-state index contributed by atoms with van der Waals surface area (Å²) in [6, 6.07) is 8.80. The minimum absolute atomic E-state index is 0.256. The van der Waals surface area contributed by atoms with E-state index in [9.17, 15) is 4.79 Å². The summed E-state index contributed by atoms with van der Waals surface area (Å²) in [5, 5.41) is 11.6. The van der Waals surface area contributed by atoms with E-state index in [0.29, 0.717) is 11.3 Å². The Morgan fingerprint density at radius 2 is 2.08 bits per heavy atom. The van der Waals surface area contributed by atoms with E-state index in [2.05, 4.69) is 27.1 Å². The van der Waals surface area contributed by atoms with E-state index >= 15 is 0 Å². The van der Waals surface area contributed by atoms with E-state index in [1.807, 2.05) is 6.07 Å². The Hall–Kier alpha value is -2.94. The Morgan fingerprint density at radius 1 is 1.29 bits per heavy atom. The van der Waals surface area contributed by atoms with Gasteiger partial charge in [-0.05, 0) is 37.0 Å². The van der Waals surface area contributed by atoms with Gasteiger partial charge in [0.25, 0.3) is 5.91 Å². The van der Waals surface area contributed by atoms with Gasteiger partial charge in [0.15, 0.2) is 0 Å². The molecule has 1 aromatic heterocycles. The lowest BCUT2D eigenvalue weighted by molar-refractivity contribution is 0.102. The first kappa shape index (κ1) is 15.9. The predicted octanol–water partition coefficient (Wildman–Crippen LogP) is 2.84. The number of rotatable bonds is 3. The van der Waals surface area contributed by atoms with E-state index in [4.69, 9.17) is 5.26 Å². The van der Waals surface area contributed by atoms with Gasteiger partial charge in [0, 0.05) is 18.8 Å². The highest BCUT2D eigenvalue weighted by Crippen LogP contribution is 2.20. The first-order valence-electron chi connectivity index (χ1n) is 8.04. The van der Waals surface area contributed by atoms with Crippen molar-refractivity contribution in [1.29, 1.82) is 5.26 Å². The maximum Gasteiger partial charge on any atom is 0.275 e. The summed E-state index contributed by atoms with van der Waals surface area (Å²) < 4.78 is 0. The van der Waals surface area contributed by atoms with Crippen molar-refractivity contribution in [2.45, 2.75) is 19.8 Å². The van der Waals surface area contributed by atoms with E-state index in [1.54, 1.807) is 30.5 Å². The Balaban J connectivity index is 1.66. The van der Waals surface area contributed by atoms with E-state index in [-0.39, 0.29) is 11.6 Å². The largest absolute Gasteiger partial charge is 0.355 e. The molecule has 0 atom stereocenters. The Bertz CT molecular complexity index is 758. The van der Waals surface area contributed by atoms with Gasteiger partial charge in [0.1, 0.15) is 11.5 Å². The zero-order valence-corrected chi connectivity index (χ0v) is 13.6.